The van der Waals surface area contributed by atoms with Crippen molar-refractivity contribution in [2.75, 3.05) is 7.11 Å². The van der Waals surface area contributed by atoms with Crippen LogP contribution in [0.1, 0.15) is 35.7 Å². The number of nitrogens with one attached hydrogen (secondary N) is 1. The van der Waals surface area contributed by atoms with Crippen LogP contribution in [0.2, 0.25) is 0 Å². The van der Waals surface area contributed by atoms with Crippen molar-refractivity contribution in [2.45, 2.75) is 26.3 Å². The van der Waals surface area contributed by atoms with Crippen LogP contribution in [0.4, 0.5) is 0 Å². The van der Waals surface area contributed by atoms with Crippen LogP contribution < -0.4 is 5.32 Å². The molecule has 0 aliphatic rings. The van der Waals surface area contributed by atoms with E-state index in [0.29, 0.717) is 18.5 Å². The Morgan fingerprint density at radius 3 is 2.76 bits per heavy atom. The average Bonchev–Trinajstić information content (AvgIpc) is 2.36. The molecule has 1 aromatic rings. The molecule has 0 aliphatic heterocycles. The minimum atomic E-state index is -0.369. The van der Waals surface area contributed by atoms with Crippen molar-refractivity contribution < 1.29 is 14.3 Å². The maximum Gasteiger partial charge on any atom is 0.337 e. The highest BCUT2D eigenvalue weighted by atomic mass is 16.5. The summed E-state index contributed by atoms with van der Waals surface area (Å²) in [5.41, 5.74) is 1.38. The summed E-state index contributed by atoms with van der Waals surface area (Å²) in [5, 5.41) is 2.79. The highest BCUT2D eigenvalue weighted by Crippen LogP contribution is 2.06. The summed E-state index contributed by atoms with van der Waals surface area (Å²) in [5.74, 6) is -0.345. The van der Waals surface area contributed by atoms with E-state index >= 15 is 0 Å². The molecule has 0 saturated carbocycles. The quantitative estimate of drug-likeness (QED) is 0.793. The van der Waals surface area contributed by atoms with E-state index < -0.39 is 0 Å². The first-order chi connectivity index (χ1) is 8.17. The molecular weight excluding hydrogens is 218 g/mol. The fraction of sp³-hybridized carbons (Fsp3) is 0.385. The van der Waals surface area contributed by atoms with Crippen LogP contribution in [0.15, 0.2) is 24.3 Å². The summed E-state index contributed by atoms with van der Waals surface area (Å²) >= 11 is 0. The number of esters is 1. The van der Waals surface area contributed by atoms with Gasteiger partial charge in [-0.1, -0.05) is 19.1 Å². The smallest absolute Gasteiger partial charge is 0.337 e. The van der Waals surface area contributed by atoms with Crippen molar-refractivity contribution in [1.82, 2.24) is 5.32 Å². The number of carbonyl (C=O) groups excluding carboxylic acids is 2. The third-order valence-corrected chi connectivity index (χ3v) is 2.31. The molecule has 0 saturated heterocycles. The molecule has 1 amide bonds. The number of methoxy groups -OCH3 is 1. The fourth-order valence-electron chi connectivity index (χ4n) is 1.44. The van der Waals surface area contributed by atoms with E-state index in [4.69, 9.17) is 0 Å². The Hall–Kier alpha value is -1.84. The van der Waals surface area contributed by atoms with E-state index in [-0.39, 0.29) is 11.9 Å². The third kappa shape index (κ3) is 4.26. The predicted molar refractivity (Wildman–Crippen MR) is 64.5 cm³/mol. The van der Waals surface area contributed by atoms with E-state index in [2.05, 4.69) is 10.1 Å². The molecule has 0 heterocycles. The summed E-state index contributed by atoms with van der Waals surface area (Å²) in [7, 11) is 1.35. The number of amides is 1. The zero-order chi connectivity index (χ0) is 12.7. The molecule has 0 fully saturated rings. The molecule has 0 bridgehead atoms. The van der Waals surface area contributed by atoms with Gasteiger partial charge in [-0.25, -0.2) is 4.79 Å². The summed E-state index contributed by atoms with van der Waals surface area (Å²) in [4.78, 5) is 22.6. The molecule has 0 spiro atoms. The summed E-state index contributed by atoms with van der Waals surface area (Å²) in [6.45, 7) is 2.39. The number of hydrogen-bond acceptors (Lipinski definition) is 3. The molecular formula is C13H17NO3. The normalized spacial score (nSPS) is 9.76. The first-order valence-electron chi connectivity index (χ1n) is 5.61. The Labute approximate surface area is 101 Å². The lowest BCUT2D eigenvalue weighted by atomic mass is 10.1. The first kappa shape index (κ1) is 13.2. The molecule has 1 N–H and O–H groups in total. The number of hydrogen-bond donors (Lipinski definition) is 1. The lowest BCUT2D eigenvalue weighted by Crippen LogP contribution is -2.22. The molecule has 1 aromatic carbocycles. The second-order valence-electron chi connectivity index (χ2n) is 3.72. The van der Waals surface area contributed by atoms with Crippen LogP contribution in [-0.4, -0.2) is 19.0 Å². The van der Waals surface area contributed by atoms with Crippen molar-refractivity contribution in [2.24, 2.45) is 0 Å². The summed E-state index contributed by atoms with van der Waals surface area (Å²) in [6, 6.07) is 7.04. The standard InChI is InChI=1S/C13H17NO3/c1-3-5-12(15)14-9-10-6-4-7-11(8-10)13(16)17-2/h4,6-8H,3,5,9H2,1-2H3,(H,14,15). The zero-order valence-corrected chi connectivity index (χ0v) is 10.2. The molecule has 92 valence electrons. The lowest BCUT2D eigenvalue weighted by Gasteiger charge is -2.06. The number of benzene rings is 1. The van der Waals surface area contributed by atoms with Crippen molar-refractivity contribution >= 4 is 11.9 Å². The van der Waals surface area contributed by atoms with Crippen LogP contribution in [0.5, 0.6) is 0 Å². The molecule has 17 heavy (non-hydrogen) atoms. The molecule has 0 aliphatic carbocycles. The summed E-state index contributed by atoms with van der Waals surface area (Å²) in [6.07, 6.45) is 1.35. The fourth-order valence-corrected chi connectivity index (χ4v) is 1.44. The van der Waals surface area contributed by atoms with Crippen LogP contribution in [-0.2, 0) is 16.1 Å². The van der Waals surface area contributed by atoms with Gasteiger partial charge in [-0.05, 0) is 24.1 Å². The molecule has 0 radical (unpaired) electrons. The SMILES string of the molecule is CCCC(=O)NCc1cccc(C(=O)OC)c1. The second kappa shape index (κ2) is 6.68. The maximum absolute atomic E-state index is 11.3. The predicted octanol–water partition coefficient (Wildman–Crippen LogP) is 1.89. The van der Waals surface area contributed by atoms with Gasteiger partial charge in [0.25, 0.3) is 0 Å². The number of rotatable bonds is 5. The Morgan fingerprint density at radius 2 is 2.12 bits per heavy atom. The highest BCUT2D eigenvalue weighted by molar-refractivity contribution is 5.89. The Balaban J connectivity index is 2.60. The van der Waals surface area contributed by atoms with Gasteiger partial charge in [0.05, 0.1) is 12.7 Å². The maximum atomic E-state index is 11.3. The van der Waals surface area contributed by atoms with Crippen LogP contribution >= 0.6 is 0 Å². The minimum Gasteiger partial charge on any atom is -0.465 e. The van der Waals surface area contributed by atoms with E-state index in [1.165, 1.54) is 7.11 Å². The van der Waals surface area contributed by atoms with Crippen molar-refractivity contribution in [3.63, 3.8) is 0 Å². The van der Waals surface area contributed by atoms with Crippen molar-refractivity contribution in [1.29, 1.82) is 0 Å². The third-order valence-electron chi connectivity index (χ3n) is 2.31. The van der Waals surface area contributed by atoms with Crippen LogP contribution in [0, 0.1) is 0 Å². The van der Waals surface area contributed by atoms with Gasteiger partial charge in [0, 0.05) is 13.0 Å². The van der Waals surface area contributed by atoms with Gasteiger partial charge in [-0.2, -0.15) is 0 Å². The molecule has 4 heteroatoms. The van der Waals surface area contributed by atoms with Gasteiger partial charge in [0.15, 0.2) is 0 Å². The molecule has 0 aromatic heterocycles. The molecule has 4 nitrogen and oxygen atoms in total. The Bertz CT molecular complexity index is 401. The van der Waals surface area contributed by atoms with Gasteiger partial charge < -0.3 is 10.1 Å². The van der Waals surface area contributed by atoms with E-state index in [9.17, 15) is 9.59 Å². The van der Waals surface area contributed by atoms with Gasteiger partial charge in [-0.3, -0.25) is 4.79 Å². The number of carbonyl (C=O) groups is 2. The first-order valence-corrected chi connectivity index (χ1v) is 5.61. The van der Waals surface area contributed by atoms with Crippen molar-refractivity contribution in [3.8, 4) is 0 Å². The average molecular weight is 235 g/mol. The van der Waals surface area contributed by atoms with Crippen LogP contribution in [0.25, 0.3) is 0 Å². The van der Waals surface area contributed by atoms with Gasteiger partial charge in [0.1, 0.15) is 0 Å². The lowest BCUT2D eigenvalue weighted by molar-refractivity contribution is -0.121. The number of ether oxygens (including phenoxy) is 1. The van der Waals surface area contributed by atoms with E-state index in [0.717, 1.165) is 12.0 Å². The Morgan fingerprint density at radius 1 is 1.35 bits per heavy atom. The van der Waals surface area contributed by atoms with Gasteiger partial charge >= 0.3 is 5.97 Å². The van der Waals surface area contributed by atoms with Crippen LogP contribution in [0.3, 0.4) is 0 Å². The minimum absolute atomic E-state index is 0.0240. The molecule has 0 atom stereocenters. The zero-order valence-electron chi connectivity index (χ0n) is 10.2. The van der Waals surface area contributed by atoms with Gasteiger partial charge in [-0.15, -0.1) is 0 Å². The summed E-state index contributed by atoms with van der Waals surface area (Å²) < 4.78 is 4.63. The second-order valence-corrected chi connectivity index (χ2v) is 3.72. The highest BCUT2D eigenvalue weighted by Gasteiger charge is 2.06. The Kier molecular flexibility index (Phi) is 5.20. The van der Waals surface area contributed by atoms with E-state index in [1.807, 2.05) is 13.0 Å². The van der Waals surface area contributed by atoms with E-state index in [1.54, 1.807) is 18.2 Å². The molecule has 0 unspecified atom stereocenters. The molecule has 1 rings (SSSR count). The van der Waals surface area contributed by atoms with Gasteiger partial charge in [0.2, 0.25) is 5.91 Å². The topological polar surface area (TPSA) is 55.4 Å². The van der Waals surface area contributed by atoms with Crippen molar-refractivity contribution in [3.05, 3.63) is 35.4 Å². The monoisotopic (exact) mass is 235 g/mol. The largest absolute Gasteiger partial charge is 0.465 e.